The van der Waals surface area contributed by atoms with Crippen molar-refractivity contribution in [2.75, 3.05) is 7.11 Å². The fraction of sp³-hybridized carbons (Fsp3) is 0.414. The van der Waals surface area contributed by atoms with Crippen LogP contribution in [-0.2, 0) is 19.1 Å². The number of allylic oxidation sites excluding steroid dienone is 9. The number of carboxylic acid groups (broad SMARTS) is 1. The quantitative estimate of drug-likeness (QED) is 0.123. The number of halogens is 1. The van der Waals surface area contributed by atoms with E-state index < -0.39 is 24.0 Å². The van der Waals surface area contributed by atoms with Crippen molar-refractivity contribution < 1.29 is 29.3 Å². The van der Waals surface area contributed by atoms with Crippen LogP contribution in [0.15, 0.2) is 83.3 Å². The number of amides is 2. The topological polar surface area (TPSA) is 125 Å². The molecule has 0 spiro atoms. The maximum atomic E-state index is 12.5. The van der Waals surface area contributed by atoms with Gasteiger partial charge in [-0.25, -0.2) is 4.79 Å². The number of methoxy groups -OCH3 is 1. The largest absolute Gasteiger partial charge is 0.490 e. The Hall–Kier alpha value is -3.36. The first-order chi connectivity index (χ1) is 17.9. The summed E-state index contributed by atoms with van der Waals surface area (Å²) < 4.78 is 4.76. The van der Waals surface area contributed by atoms with Gasteiger partial charge in [-0.05, 0) is 50.8 Å². The highest BCUT2D eigenvalue weighted by molar-refractivity contribution is 6.29. The Kier molecular flexibility index (Phi) is 18.0. The number of aliphatic hydroxyl groups is 1. The molecule has 0 fully saturated rings. The summed E-state index contributed by atoms with van der Waals surface area (Å²) in [5.41, 5.74) is 0.951. The van der Waals surface area contributed by atoms with Gasteiger partial charge >= 0.3 is 5.97 Å². The highest BCUT2D eigenvalue weighted by Crippen LogP contribution is 2.08. The molecule has 2 amide bonds. The second-order valence-corrected chi connectivity index (χ2v) is 9.57. The first-order valence-corrected chi connectivity index (χ1v) is 12.7. The third-order valence-corrected chi connectivity index (χ3v) is 5.16. The van der Waals surface area contributed by atoms with Gasteiger partial charge in [-0.15, -0.1) is 0 Å². The van der Waals surface area contributed by atoms with Crippen LogP contribution in [0, 0.1) is 11.8 Å². The Morgan fingerprint density at radius 3 is 2.26 bits per heavy atom. The molecule has 0 rings (SSSR count). The molecule has 0 unspecified atom stereocenters. The van der Waals surface area contributed by atoms with E-state index in [0.29, 0.717) is 17.9 Å². The van der Waals surface area contributed by atoms with E-state index in [4.69, 9.17) is 21.4 Å². The van der Waals surface area contributed by atoms with E-state index in [1.165, 1.54) is 25.5 Å². The maximum absolute atomic E-state index is 12.5. The lowest BCUT2D eigenvalue weighted by atomic mass is 10.0. The monoisotopic (exact) mass is 548 g/mol. The number of carboxylic acids is 1. The molecular formula is C29H41ClN2O6. The molecule has 0 aromatic rings. The van der Waals surface area contributed by atoms with Gasteiger partial charge in [0, 0.05) is 11.1 Å². The predicted molar refractivity (Wildman–Crippen MR) is 152 cm³/mol. The van der Waals surface area contributed by atoms with Gasteiger partial charge in [0.1, 0.15) is 6.04 Å². The van der Waals surface area contributed by atoms with E-state index in [1.807, 2.05) is 45.9 Å². The Balaban J connectivity index is 4.82. The van der Waals surface area contributed by atoms with Crippen LogP contribution in [-0.4, -0.2) is 47.3 Å². The molecule has 0 aliphatic rings. The van der Waals surface area contributed by atoms with Crippen molar-refractivity contribution in [1.82, 2.24) is 10.6 Å². The molecule has 0 saturated heterocycles. The minimum Gasteiger partial charge on any atom is -0.490 e. The number of hydrogen-bond acceptors (Lipinski definition) is 5. The van der Waals surface area contributed by atoms with Crippen LogP contribution in [0.1, 0.15) is 47.5 Å². The van der Waals surface area contributed by atoms with Gasteiger partial charge in [0.05, 0.1) is 13.2 Å². The second-order valence-electron chi connectivity index (χ2n) is 8.97. The summed E-state index contributed by atoms with van der Waals surface area (Å²) in [5.74, 6) is -2.12. The van der Waals surface area contributed by atoms with E-state index in [0.717, 1.165) is 5.57 Å². The molecule has 0 radical (unpaired) electrons. The molecule has 0 bridgehead atoms. The summed E-state index contributed by atoms with van der Waals surface area (Å²) in [7, 11) is 1.30. The molecule has 8 nitrogen and oxygen atoms in total. The van der Waals surface area contributed by atoms with Crippen LogP contribution in [0.2, 0.25) is 0 Å². The fourth-order valence-corrected chi connectivity index (χ4v) is 3.10. The van der Waals surface area contributed by atoms with Crippen LogP contribution in [0.3, 0.4) is 0 Å². The lowest BCUT2D eigenvalue weighted by Gasteiger charge is -2.20. The number of carbonyl (C=O) groups excluding carboxylic acids is 2. The number of aliphatic hydroxyl groups excluding tert-OH is 1. The zero-order valence-corrected chi connectivity index (χ0v) is 23.7. The van der Waals surface area contributed by atoms with Gasteiger partial charge in [-0.1, -0.05) is 86.6 Å². The normalized spacial score (nSPS) is 16.0. The molecule has 38 heavy (non-hydrogen) atoms. The Bertz CT molecular complexity index is 985. The number of ether oxygens (including phenoxy) is 1. The molecule has 4 N–H and O–H groups in total. The lowest BCUT2D eigenvalue weighted by molar-refractivity contribution is -0.136. The van der Waals surface area contributed by atoms with Gasteiger partial charge in [-0.2, -0.15) is 0 Å². The van der Waals surface area contributed by atoms with E-state index >= 15 is 0 Å². The van der Waals surface area contributed by atoms with Crippen molar-refractivity contribution >= 4 is 29.4 Å². The fourth-order valence-electron chi connectivity index (χ4n) is 3.01. The van der Waals surface area contributed by atoms with Gasteiger partial charge in [-0.3, -0.25) is 9.59 Å². The molecule has 0 aliphatic heterocycles. The van der Waals surface area contributed by atoms with Gasteiger partial charge in [0.25, 0.3) is 0 Å². The zero-order valence-electron chi connectivity index (χ0n) is 23.0. The van der Waals surface area contributed by atoms with Crippen molar-refractivity contribution in [2.45, 2.75) is 59.6 Å². The first-order valence-electron chi connectivity index (χ1n) is 12.3. The summed E-state index contributed by atoms with van der Waals surface area (Å²) in [5, 5.41) is 24.7. The molecule has 0 heterocycles. The maximum Gasteiger partial charge on any atom is 0.371 e. The zero-order chi connectivity index (χ0) is 29.1. The lowest BCUT2D eigenvalue weighted by Crippen LogP contribution is -2.48. The van der Waals surface area contributed by atoms with E-state index in [2.05, 4.69) is 10.6 Å². The van der Waals surface area contributed by atoms with Crippen molar-refractivity contribution in [3.05, 3.63) is 83.3 Å². The Morgan fingerprint density at radius 2 is 1.68 bits per heavy atom. The third kappa shape index (κ3) is 17.2. The molecule has 0 saturated carbocycles. The van der Waals surface area contributed by atoms with Gasteiger partial charge in [0.2, 0.25) is 17.6 Å². The van der Waals surface area contributed by atoms with Crippen LogP contribution < -0.4 is 10.6 Å². The number of nitrogens with one attached hydrogen (secondary N) is 2. The number of rotatable bonds is 16. The Labute approximate surface area is 231 Å². The average molecular weight is 549 g/mol. The van der Waals surface area contributed by atoms with Crippen LogP contribution >= 0.6 is 11.6 Å². The minimum atomic E-state index is -1.13. The number of hydrogen-bond donors (Lipinski definition) is 4. The SMILES string of the molecule is CO/C(=C/C=C/[C@@H](C)/C=C(C)/C=C\C=C/C(=O)N[C@H](C(=O)N/C=C\C[C@@H](O)C/C=C(\C)Cl)C(C)C)C(=O)O. The van der Waals surface area contributed by atoms with Gasteiger partial charge in [0.15, 0.2) is 0 Å². The van der Waals surface area contributed by atoms with E-state index in [9.17, 15) is 19.5 Å². The van der Waals surface area contributed by atoms with E-state index in [1.54, 1.807) is 37.3 Å². The van der Waals surface area contributed by atoms with Crippen molar-refractivity contribution in [2.24, 2.45) is 11.8 Å². The molecule has 0 aromatic heterocycles. The molecular weight excluding hydrogens is 508 g/mol. The summed E-state index contributed by atoms with van der Waals surface area (Å²) in [6, 6.07) is -0.726. The number of aliphatic carboxylic acids is 1. The standard InChI is InChI=1S/C29H41ClN2O6/c1-20(2)27(28(35)31-18-10-13-24(33)17-16-23(5)30)32-26(34)15-8-7-11-21(3)19-22(4)12-9-14-25(38-6)29(36)37/h7-12,14-16,18-20,22,24,27,33H,13,17H2,1-6H3,(H,31,35)(H,32,34)(H,36,37)/b11-7-,12-9+,15-8-,18-10-,21-19+,23-16+,25-14+/t22-,24-,27+/m1/s1. The van der Waals surface area contributed by atoms with E-state index in [-0.39, 0.29) is 23.5 Å². The highest BCUT2D eigenvalue weighted by atomic mass is 35.5. The van der Waals surface area contributed by atoms with Crippen LogP contribution in [0.5, 0.6) is 0 Å². The van der Waals surface area contributed by atoms with Crippen molar-refractivity contribution in [1.29, 1.82) is 0 Å². The Morgan fingerprint density at radius 1 is 1.03 bits per heavy atom. The van der Waals surface area contributed by atoms with Gasteiger partial charge < -0.3 is 25.6 Å². The van der Waals surface area contributed by atoms with Crippen LogP contribution in [0.4, 0.5) is 0 Å². The molecule has 3 atom stereocenters. The number of carbonyl (C=O) groups is 3. The summed E-state index contributed by atoms with van der Waals surface area (Å²) >= 11 is 5.75. The summed E-state index contributed by atoms with van der Waals surface area (Å²) in [6.45, 7) is 9.26. The first kappa shape index (κ1) is 34.6. The van der Waals surface area contributed by atoms with Crippen molar-refractivity contribution in [3.8, 4) is 0 Å². The molecule has 210 valence electrons. The third-order valence-electron chi connectivity index (χ3n) is 5.01. The summed E-state index contributed by atoms with van der Waals surface area (Å²) in [4.78, 5) is 35.7. The van der Waals surface area contributed by atoms with Crippen molar-refractivity contribution in [3.63, 3.8) is 0 Å². The molecule has 0 aromatic carbocycles. The highest BCUT2D eigenvalue weighted by Gasteiger charge is 2.22. The summed E-state index contributed by atoms with van der Waals surface area (Å²) in [6.07, 6.45) is 18.3. The molecule has 9 heteroatoms. The molecule has 0 aliphatic carbocycles. The van der Waals surface area contributed by atoms with Crippen LogP contribution in [0.25, 0.3) is 0 Å². The minimum absolute atomic E-state index is 0.0457. The second kappa shape index (κ2) is 19.7. The average Bonchev–Trinajstić information content (AvgIpc) is 2.83. The predicted octanol–water partition coefficient (Wildman–Crippen LogP) is 4.91. The smallest absolute Gasteiger partial charge is 0.371 e.